The van der Waals surface area contributed by atoms with Gasteiger partial charge in [0.2, 0.25) is 0 Å². The van der Waals surface area contributed by atoms with Crippen molar-refractivity contribution in [3.8, 4) is 0 Å². The molecule has 0 bridgehead atoms. The Morgan fingerprint density at radius 2 is 2.20 bits per heavy atom. The summed E-state index contributed by atoms with van der Waals surface area (Å²) < 4.78 is 5.07. The highest BCUT2D eigenvalue weighted by Gasteiger charge is 2.50. The lowest BCUT2D eigenvalue weighted by Crippen LogP contribution is -2.18. The van der Waals surface area contributed by atoms with Crippen molar-refractivity contribution in [2.24, 2.45) is 17.8 Å². The van der Waals surface area contributed by atoms with Gasteiger partial charge in [0.25, 0.3) is 0 Å². The minimum atomic E-state index is -0.291. The summed E-state index contributed by atoms with van der Waals surface area (Å²) in [5.41, 5.74) is 1.97. The van der Waals surface area contributed by atoms with Crippen molar-refractivity contribution in [1.29, 1.82) is 0 Å². The Morgan fingerprint density at radius 3 is 3.00 bits per heavy atom. The third kappa shape index (κ3) is 1.41. The van der Waals surface area contributed by atoms with Crippen molar-refractivity contribution >= 4 is 5.97 Å². The molecule has 0 amide bonds. The number of ether oxygens (including phenoxy) is 1. The van der Waals surface area contributed by atoms with E-state index in [0.717, 1.165) is 24.0 Å². The van der Waals surface area contributed by atoms with Crippen molar-refractivity contribution in [2.75, 3.05) is 6.61 Å². The Balaban J connectivity index is 1.94. The van der Waals surface area contributed by atoms with Crippen molar-refractivity contribution in [3.05, 3.63) is 11.1 Å². The van der Waals surface area contributed by atoms with Crippen molar-refractivity contribution in [1.82, 2.24) is 0 Å². The maximum Gasteiger partial charge on any atom is 0.334 e. The van der Waals surface area contributed by atoms with E-state index < -0.39 is 0 Å². The van der Waals surface area contributed by atoms with Crippen LogP contribution in [0.25, 0.3) is 0 Å². The van der Waals surface area contributed by atoms with Gasteiger partial charge in [-0.2, -0.15) is 0 Å². The third-order valence-electron chi connectivity index (χ3n) is 4.05. The molecule has 1 N–H and O–H groups in total. The molecule has 1 saturated carbocycles. The normalized spacial score (nSPS) is 44.0. The Kier molecular flexibility index (Phi) is 1.93. The summed E-state index contributed by atoms with van der Waals surface area (Å²) >= 11 is 0. The number of aliphatic hydroxyl groups is 1. The molecule has 0 saturated heterocycles. The zero-order chi connectivity index (χ0) is 10.6. The topological polar surface area (TPSA) is 46.5 Å². The number of rotatable bonds is 0. The highest BCUT2D eigenvalue weighted by Crippen LogP contribution is 2.53. The van der Waals surface area contributed by atoms with Gasteiger partial charge in [-0.15, -0.1) is 0 Å². The fraction of sp³-hybridized carbons (Fsp3) is 0.750. The van der Waals surface area contributed by atoms with Crippen LogP contribution in [0, 0.1) is 17.8 Å². The second kappa shape index (κ2) is 3.08. The Labute approximate surface area is 89.1 Å². The Morgan fingerprint density at radius 1 is 1.40 bits per heavy atom. The van der Waals surface area contributed by atoms with Crippen LogP contribution in [0.2, 0.25) is 0 Å². The number of esters is 1. The van der Waals surface area contributed by atoms with Crippen LogP contribution < -0.4 is 0 Å². The molecule has 3 aliphatic rings. The average molecular weight is 208 g/mol. The van der Waals surface area contributed by atoms with Crippen LogP contribution in [0.5, 0.6) is 0 Å². The molecule has 1 fully saturated rings. The lowest BCUT2D eigenvalue weighted by atomic mass is 9.88. The summed E-state index contributed by atoms with van der Waals surface area (Å²) in [6, 6.07) is 0. The first-order valence-corrected chi connectivity index (χ1v) is 5.74. The number of hydrogen-bond donors (Lipinski definition) is 1. The fourth-order valence-corrected chi connectivity index (χ4v) is 3.18. The van der Waals surface area contributed by atoms with Gasteiger partial charge < -0.3 is 9.84 Å². The van der Waals surface area contributed by atoms with Gasteiger partial charge in [0.15, 0.2) is 0 Å². The van der Waals surface area contributed by atoms with Crippen LogP contribution in [0.15, 0.2) is 11.1 Å². The summed E-state index contributed by atoms with van der Waals surface area (Å²) in [5, 5.41) is 9.85. The van der Waals surface area contributed by atoms with Gasteiger partial charge in [-0.3, -0.25) is 0 Å². The number of cyclic esters (lactones) is 1. The van der Waals surface area contributed by atoms with Gasteiger partial charge >= 0.3 is 5.97 Å². The third-order valence-corrected chi connectivity index (χ3v) is 4.05. The van der Waals surface area contributed by atoms with E-state index in [-0.39, 0.29) is 12.1 Å². The van der Waals surface area contributed by atoms with Crippen LogP contribution in [-0.4, -0.2) is 23.8 Å². The highest BCUT2D eigenvalue weighted by atomic mass is 16.5. The molecule has 0 aromatic rings. The van der Waals surface area contributed by atoms with Gasteiger partial charge in [-0.25, -0.2) is 4.79 Å². The van der Waals surface area contributed by atoms with E-state index in [1.807, 2.05) is 0 Å². The molecule has 4 atom stereocenters. The molecular formula is C12H16O3. The number of aliphatic hydroxyl groups excluding tert-OH is 1. The number of fused-ring (bicyclic) bond motifs is 2. The summed E-state index contributed by atoms with van der Waals surface area (Å²) in [6.07, 6.45) is 2.32. The molecule has 82 valence electrons. The van der Waals surface area contributed by atoms with E-state index in [1.165, 1.54) is 0 Å². The van der Waals surface area contributed by atoms with Crippen LogP contribution in [0.1, 0.15) is 26.2 Å². The predicted octanol–water partition coefficient (Wildman–Crippen LogP) is 1.27. The second-order valence-corrected chi connectivity index (χ2v) is 5.17. The van der Waals surface area contributed by atoms with Crippen molar-refractivity contribution in [2.45, 2.75) is 32.3 Å². The van der Waals surface area contributed by atoms with Crippen molar-refractivity contribution in [3.63, 3.8) is 0 Å². The van der Waals surface area contributed by atoms with Crippen LogP contribution >= 0.6 is 0 Å². The fourth-order valence-electron chi connectivity index (χ4n) is 3.18. The molecule has 1 heterocycles. The van der Waals surface area contributed by atoms with E-state index in [2.05, 4.69) is 6.92 Å². The molecule has 3 rings (SSSR count). The van der Waals surface area contributed by atoms with Crippen LogP contribution in [0.4, 0.5) is 0 Å². The molecule has 0 radical (unpaired) electrons. The van der Waals surface area contributed by atoms with E-state index >= 15 is 0 Å². The summed E-state index contributed by atoms with van der Waals surface area (Å²) in [4.78, 5) is 11.6. The molecule has 1 unspecified atom stereocenters. The molecule has 2 aliphatic carbocycles. The summed E-state index contributed by atoms with van der Waals surface area (Å²) in [5.74, 6) is 1.46. The standard InChI is InChI=1S/C12H16O3/c1-6-2-8(13)3-7-5-15-12(14)11(7)10-4-9(6)10/h6,8-10,13H,2-5H2,1H3/t6-,8?,9+,10+/m1/s1. The van der Waals surface area contributed by atoms with Crippen LogP contribution in [-0.2, 0) is 9.53 Å². The first-order valence-electron chi connectivity index (χ1n) is 5.74. The van der Waals surface area contributed by atoms with Gasteiger partial charge in [-0.05, 0) is 42.6 Å². The summed E-state index contributed by atoms with van der Waals surface area (Å²) in [6.45, 7) is 2.60. The predicted molar refractivity (Wildman–Crippen MR) is 54.0 cm³/mol. The molecule has 3 nitrogen and oxygen atoms in total. The second-order valence-electron chi connectivity index (χ2n) is 5.17. The molecule has 15 heavy (non-hydrogen) atoms. The summed E-state index contributed by atoms with van der Waals surface area (Å²) in [7, 11) is 0. The van der Waals surface area contributed by atoms with Gasteiger partial charge in [-0.1, -0.05) is 6.92 Å². The van der Waals surface area contributed by atoms with Gasteiger partial charge in [0, 0.05) is 5.57 Å². The maximum atomic E-state index is 11.6. The van der Waals surface area contributed by atoms with E-state index in [1.54, 1.807) is 0 Å². The first-order chi connectivity index (χ1) is 7.16. The molecule has 3 heteroatoms. The molecule has 0 aromatic carbocycles. The van der Waals surface area contributed by atoms with Crippen LogP contribution in [0.3, 0.4) is 0 Å². The largest absolute Gasteiger partial charge is 0.458 e. The van der Waals surface area contributed by atoms with E-state index in [4.69, 9.17) is 4.74 Å². The number of hydrogen-bond acceptors (Lipinski definition) is 3. The van der Waals surface area contributed by atoms with Gasteiger partial charge in [0.05, 0.1) is 6.10 Å². The van der Waals surface area contributed by atoms with Crippen molar-refractivity contribution < 1.29 is 14.6 Å². The number of carbonyl (C=O) groups excluding carboxylic acids is 1. The Bertz CT molecular complexity index is 345. The molecule has 0 spiro atoms. The average Bonchev–Trinajstić information content (AvgIpc) is 2.85. The quantitative estimate of drug-likeness (QED) is 0.610. The molecule has 1 aliphatic heterocycles. The van der Waals surface area contributed by atoms with Gasteiger partial charge in [0.1, 0.15) is 6.61 Å². The zero-order valence-electron chi connectivity index (χ0n) is 8.90. The monoisotopic (exact) mass is 208 g/mol. The minimum Gasteiger partial charge on any atom is -0.458 e. The van der Waals surface area contributed by atoms with E-state index in [0.29, 0.717) is 30.8 Å². The maximum absolute atomic E-state index is 11.6. The minimum absolute atomic E-state index is 0.126. The van der Waals surface area contributed by atoms with E-state index in [9.17, 15) is 9.90 Å². The zero-order valence-corrected chi connectivity index (χ0v) is 8.90. The molecular weight excluding hydrogens is 192 g/mol. The number of carbonyl (C=O) groups is 1. The smallest absolute Gasteiger partial charge is 0.334 e. The lowest BCUT2D eigenvalue weighted by molar-refractivity contribution is -0.136. The lowest BCUT2D eigenvalue weighted by Gasteiger charge is -2.19. The highest BCUT2D eigenvalue weighted by molar-refractivity contribution is 5.93. The SMILES string of the molecule is C[C@@H]1CC(O)CC2=C(C(=O)OC2)[C@H]2C[C@@H]12. The molecule has 0 aromatic heterocycles. The first kappa shape index (κ1) is 9.40. The Hall–Kier alpha value is -0.830.